The Hall–Kier alpha value is -2.39. The molecule has 1 amide bonds. The minimum atomic E-state index is -0.283. The Kier molecular flexibility index (Phi) is 5.34. The molecule has 0 saturated carbocycles. The maximum atomic E-state index is 12.4. The predicted molar refractivity (Wildman–Crippen MR) is 101 cm³/mol. The Balaban J connectivity index is 1.82. The zero-order chi connectivity index (χ0) is 17.8. The van der Waals surface area contributed by atoms with Crippen molar-refractivity contribution in [3.8, 4) is 16.5 Å². The average molecular weight is 388 g/mol. The van der Waals surface area contributed by atoms with E-state index in [-0.39, 0.29) is 12.3 Å². The number of hydrogen-bond donors (Lipinski definition) is 1. The van der Waals surface area contributed by atoms with Gasteiger partial charge in [0.05, 0.1) is 12.0 Å². The molecule has 1 N–H and O–H groups in total. The van der Waals surface area contributed by atoms with Crippen molar-refractivity contribution in [2.24, 2.45) is 0 Å². The number of aromatic nitrogens is 1. The highest BCUT2D eigenvalue weighted by Crippen LogP contribution is 2.35. The molecule has 3 rings (SSSR count). The monoisotopic (exact) mass is 387 g/mol. The lowest BCUT2D eigenvalue weighted by Crippen LogP contribution is -2.14. The van der Waals surface area contributed by atoms with Crippen molar-refractivity contribution in [2.75, 3.05) is 5.32 Å². The van der Waals surface area contributed by atoms with E-state index in [2.05, 4.69) is 16.4 Å². The summed E-state index contributed by atoms with van der Waals surface area (Å²) in [5.41, 5.74) is 1.91. The molecule has 0 aliphatic carbocycles. The molecule has 2 aromatic heterocycles. The first-order valence-corrected chi connectivity index (χ1v) is 8.83. The van der Waals surface area contributed by atoms with Crippen LogP contribution in [0, 0.1) is 11.3 Å². The minimum Gasteiger partial charge on any atom is -0.316 e. The summed E-state index contributed by atoms with van der Waals surface area (Å²) < 4.78 is 0. The highest BCUT2D eigenvalue weighted by atomic mass is 35.5. The number of pyridine rings is 1. The summed E-state index contributed by atoms with van der Waals surface area (Å²) in [6, 6.07) is 12.6. The van der Waals surface area contributed by atoms with Gasteiger partial charge in [-0.1, -0.05) is 29.3 Å². The van der Waals surface area contributed by atoms with Crippen LogP contribution in [0.2, 0.25) is 10.0 Å². The summed E-state index contributed by atoms with van der Waals surface area (Å²) in [7, 11) is 0. The lowest BCUT2D eigenvalue weighted by molar-refractivity contribution is -0.115. The number of rotatable bonds is 4. The van der Waals surface area contributed by atoms with E-state index in [1.165, 1.54) is 11.3 Å². The van der Waals surface area contributed by atoms with Gasteiger partial charge in [0, 0.05) is 27.3 Å². The van der Waals surface area contributed by atoms with Gasteiger partial charge >= 0.3 is 0 Å². The SMILES string of the molecule is N#Cc1cc(-c2ccncc2)sc1NC(=O)Cc1c(Cl)cccc1Cl. The number of benzene rings is 1. The van der Waals surface area contributed by atoms with E-state index in [4.69, 9.17) is 23.2 Å². The fourth-order valence-corrected chi connectivity index (χ4v) is 3.82. The molecule has 0 radical (unpaired) electrons. The van der Waals surface area contributed by atoms with Crippen LogP contribution < -0.4 is 5.32 Å². The van der Waals surface area contributed by atoms with Gasteiger partial charge in [-0.2, -0.15) is 5.26 Å². The van der Waals surface area contributed by atoms with E-state index >= 15 is 0 Å². The van der Waals surface area contributed by atoms with Crippen molar-refractivity contribution in [2.45, 2.75) is 6.42 Å². The normalized spacial score (nSPS) is 10.3. The van der Waals surface area contributed by atoms with Gasteiger partial charge in [0.1, 0.15) is 11.1 Å². The van der Waals surface area contributed by atoms with Crippen LogP contribution in [0.15, 0.2) is 48.8 Å². The van der Waals surface area contributed by atoms with Gasteiger partial charge in [-0.25, -0.2) is 0 Å². The quantitative estimate of drug-likeness (QED) is 0.671. The maximum absolute atomic E-state index is 12.4. The molecule has 7 heteroatoms. The van der Waals surface area contributed by atoms with E-state index in [0.717, 1.165) is 10.4 Å². The zero-order valence-corrected chi connectivity index (χ0v) is 15.1. The number of nitrogens with zero attached hydrogens (tertiary/aromatic N) is 2. The highest BCUT2D eigenvalue weighted by Gasteiger charge is 2.15. The van der Waals surface area contributed by atoms with Crippen molar-refractivity contribution < 1.29 is 4.79 Å². The summed E-state index contributed by atoms with van der Waals surface area (Å²) in [6.07, 6.45) is 3.39. The average Bonchev–Trinajstić information content (AvgIpc) is 3.02. The number of anilines is 1. The fourth-order valence-electron chi connectivity index (χ4n) is 2.26. The molecule has 0 unspecified atom stereocenters. The van der Waals surface area contributed by atoms with Gasteiger partial charge in [0.15, 0.2) is 0 Å². The molecular formula is C18H11Cl2N3OS. The van der Waals surface area contributed by atoms with Crippen LogP contribution >= 0.6 is 34.5 Å². The van der Waals surface area contributed by atoms with Gasteiger partial charge in [0.2, 0.25) is 5.91 Å². The van der Waals surface area contributed by atoms with Gasteiger partial charge in [0.25, 0.3) is 0 Å². The Bertz CT molecular complexity index is 944. The topological polar surface area (TPSA) is 65.8 Å². The first-order chi connectivity index (χ1) is 12.1. The van der Waals surface area contributed by atoms with E-state index in [1.54, 1.807) is 36.7 Å². The minimum absolute atomic E-state index is 0.0336. The van der Waals surface area contributed by atoms with Gasteiger partial charge in [-0.3, -0.25) is 9.78 Å². The van der Waals surface area contributed by atoms with Crippen LogP contribution in [-0.2, 0) is 11.2 Å². The van der Waals surface area contributed by atoms with Crippen molar-refractivity contribution in [1.29, 1.82) is 5.26 Å². The molecule has 1 aromatic carbocycles. The summed E-state index contributed by atoms with van der Waals surface area (Å²) in [5, 5.41) is 13.5. The first kappa shape index (κ1) is 17.4. The van der Waals surface area contributed by atoms with Crippen LogP contribution in [0.5, 0.6) is 0 Å². The van der Waals surface area contributed by atoms with E-state index in [1.807, 2.05) is 12.1 Å². The molecule has 4 nitrogen and oxygen atoms in total. The summed E-state index contributed by atoms with van der Waals surface area (Å²) >= 11 is 13.5. The smallest absolute Gasteiger partial charge is 0.229 e. The van der Waals surface area contributed by atoms with Crippen molar-refractivity contribution in [1.82, 2.24) is 4.98 Å². The standard InChI is InChI=1S/C18H11Cl2N3OS/c19-14-2-1-3-15(20)13(14)9-17(24)23-18-12(10-21)8-16(25-18)11-4-6-22-7-5-11/h1-8H,9H2,(H,23,24). The molecule has 0 spiro atoms. The number of amides is 1. The maximum Gasteiger partial charge on any atom is 0.229 e. The number of nitriles is 1. The van der Waals surface area contributed by atoms with Crippen molar-refractivity contribution in [3.05, 3.63) is 70.0 Å². The molecule has 0 saturated heterocycles. The van der Waals surface area contributed by atoms with Gasteiger partial charge in [-0.05, 0) is 41.5 Å². The van der Waals surface area contributed by atoms with Crippen LogP contribution in [0.25, 0.3) is 10.4 Å². The van der Waals surface area contributed by atoms with E-state index in [9.17, 15) is 10.1 Å². The van der Waals surface area contributed by atoms with Crippen LogP contribution in [0.4, 0.5) is 5.00 Å². The summed E-state index contributed by atoms with van der Waals surface area (Å²) in [4.78, 5) is 17.2. The van der Waals surface area contributed by atoms with Crippen molar-refractivity contribution in [3.63, 3.8) is 0 Å². The molecule has 124 valence electrons. The number of thiophene rings is 1. The Morgan fingerprint density at radius 2 is 1.88 bits per heavy atom. The fraction of sp³-hybridized carbons (Fsp3) is 0.0556. The third kappa shape index (κ3) is 3.99. The Labute approximate surface area is 158 Å². The molecule has 0 aliphatic rings. The number of nitrogens with one attached hydrogen (secondary N) is 1. The Morgan fingerprint density at radius 3 is 2.52 bits per heavy atom. The second kappa shape index (κ2) is 7.66. The molecular weight excluding hydrogens is 377 g/mol. The molecule has 3 aromatic rings. The lowest BCUT2D eigenvalue weighted by Gasteiger charge is -2.07. The van der Waals surface area contributed by atoms with Crippen LogP contribution in [0.1, 0.15) is 11.1 Å². The molecule has 25 heavy (non-hydrogen) atoms. The molecule has 0 bridgehead atoms. The number of halogens is 2. The number of hydrogen-bond acceptors (Lipinski definition) is 4. The van der Waals surface area contributed by atoms with Gasteiger partial charge in [-0.15, -0.1) is 11.3 Å². The van der Waals surface area contributed by atoms with Crippen molar-refractivity contribution >= 4 is 45.4 Å². The molecule has 0 fully saturated rings. The molecule has 0 aliphatic heterocycles. The van der Waals surface area contributed by atoms with Gasteiger partial charge < -0.3 is 5.32 Å². The Morgan fingerprint density at radius 1 is 1.20 bits per heavy atom. The number of carbonyl (C=O) groups is 1. The second-order valence-electron chi connectivity index (χ2n) is 5.13. The summed E-state index contributed by atoms with van der Waals surface area (Å²) in [6.45, 7) is 0. The predicted octanol–water partition coefficient (Wildman–Crippen LogP) is 5.17. The molecule has 0 atom stereocenters. The summed E-state index contributed by atoms with van der Waals surface area (Å²) in [5.74, 6) is -0.283. The van der Waals surface area contributed by atoms with E-state index in [0.29, 0.717) is 26.2 Å². The number of carbonyl (C=O) groups excluding carboxylic acids is 1. The second-order valence-corrected chi connectivity index (χ2v) is 6.99. The lowest BCUT2D eigenvalue weighted by atomic mass is 10.1. The van der Waals surface area contributed by atoms with Crippen LogP contribution in [0.3, 0.4) is 0 Å². The zero-order valence-electron chi connectivity index (χ0n) is 12.8. The van der Waals surface area contributed by atoms with Crippen LogP contribution in [-0.4, -0.2) is 10.9 Å². The third-order valence-electron chi connectivity index (χ3n) is 3.47. The van der Waals surface area contributed by atoms with E-state index < -0.39 is 0 Å². The first-order valence-electron chi connectivity index (χ1n) is 7.25. The molecule has 2 heterocycles. The highest BCUT2D eigenvalue weighted by molar-refractivity contribution is 7.19. The largest absolute Gasteiger partial charge is 0.316 e. The third-order valence-corrected chi connectivity index (χ3v) is 5.28.